The molecule has 0 aliphatic rings. The van der Waals surface area contributed by atoms with Crippen LogP contribution in [0.4, 0.5) is 0 Å². The summed E-state index contributed by atoms with van der Waals surface area (Å²) in [5.74, 6) is 0. The smallest absolute Gasteiger partial charge is 0.0181 e. The largest absolute Gasteiger partial charge is 0.302 e. The fraction of sp³-hybridized carbons (Fsp3) is 0.167. The van der Waals surface area contributed by atoms with Crippen LogP contribution in [-0.2, 0) is 6.42 Å². The van der Waals surface area contributed by atoms with E-state index in [4.69, 9.17) is 0 Å². The minimum absolute atomic E-state index is 0.938. The molecular formula is C24H24BrN. The molecule has 3 aromatic carbocycles. The molecule has 0 bridgehead atoms. The average molecular weight is 406 g/mol. The lowest BCUT2D eigenvalue weighted by Crippen LogP contribution is -2.21. The number of benzene rings is 3. The molecule has 3 rings (SSSR count). The normalized spacial score (nSPS) is 11.3. The van der Waals surface area contributed by atoms with Crippen molar-refractivity contribution in [1.82, 2.24) is 4.90 Å². The van der Waals surface area contributed by atoms with Crippen molar-refractivity contribution in [2.45, 2.75) is 6.42 Å². The van der Waals surface area contributed by atoms with Gasteiger partial charge in [-0.2, -0.15) is 0 Å². The predicted molar refractivity (Wildman–Crippen MR) is 116 cm³/mol. The van der Waals surface area contributed by atoms with Gasteiger partial charge in [0.2, 0.25) is 0 Å². The lowest BCUT2D eigenvalue weighted by atomic mass is 9.99. The summed E-state index contributed by atoms with van der Waals surface area (Å²) in [6.07, 6.45) is 5.56. The molecule has 132 valence electrons. The van der Waals surface area contributed by atoms with Crippen LogP contribution in [0.1, 0.15) is 11.1 Å². The van der Waals surface area contributed by atoms with Gasteiger partial charge in [0.05, 0.1) is 0 Å². The number of hydrogen-bond acceptors (Lipinski definition) is 1. The van der Waals surface area contributed by atoms with Gasteiger partial charge in [-0.15, -0.1) is 0 Å². The topological polar surface area (TPSA) is 3.24 Å². The standard InChI is InChI=1S/C24H24BrN/c1-26(18-16-20-9-4-2-5-10-20)17-8-13-22-19-23(25)14-15-24(22)21-11-6-3-7-12-21/h2-15,19H,16-18H2,1H3. The number of nitrogens with zero attached hydrogens (tertiary/aromatic N) is 1. The molecule has 0 aliphatic heterocycles. The zero-order valence-corrected chi connectivity index (χ0v) is 16.7. The third-order valence-electron chi connectivity index (χ3n) is 4.44. The van der Waals surface area contributed by atoms with E-state index in [-0.39, 0.29) is 0 Å². The van der Waals surface area contributed by atoms with Crippen molar-refractivity contribution >= 4 is 22.0 Å². The van der Waals surface area contributed by atoms with Crippen molar-refractivity contribution in [2.24, 2.45) is 0 Å². The van der Waals surface area contributed by atoms with Gasteiger partial charge < -0.3 is 4.90 Å². The first-order valence-corrected chi connectivity index (χ1v) is 9.75. The Balaban J connectivity index is 1.64. The Morgan fingerprint density at radius 3 is 2.31 bits per heavy atom. The van der Waals surface area contributed by atoms with Crippen LogP contribution >= 0.6 is 15.9 Å². The first-order chi connectivity index (χ1) is 12.7. The Morgan fingerprint density at radius 2 is 1.58 bits per heavy atom. The molecule has 0 saturated heterocycles. The molecule has 2 heteroatoms. The Morgan fingerprint density at radius 1 is 0.885 bits per heavy atom. The molecule has 0 saturated carbocycles. The molecule has 0 N–H and O–H groups in total. The van der Waals surface area contributed by atoms with Gasteiger partial charge in [0.15, 0.2) is 0 Å². The summed E-state index contributed by atoms with van der Waals surface area (Å²) in [6.45, 7) is 1.99. The third-order valence-corrected chi connectivity index (χ3v) is 4.93. The van der Waals surface area contributed by atoms with E-state index in [2.05, 4.69) is 119 Å². The van der Waals surface area contributed by atoms with Gasteiger partial charge in [-0.05, 0) is 47.9 Å². The SMILES string of the molecule is CN(CC=Cc1cc(Br)ccc1-c1ccccc1)CCc1ccccc1. The maximum absolute atomic E-state index is 3.60. The quantitative estimate of drug-likeness (QED) is 0.445. The van der Waals surface area contributed by atoms with E-state index in [1.165, 1.54) is 22.3 Å². The molecule has 0 unspecified atom stereocenters. The summed E-state index contributed by atoms with van der Waals surface area (Å²) in [6, 6.07) is 27.7. The molecule has 0 atom stereocenters. The maximum Gasteiger partial charge on any atom is 0.0181 e. The second kappa shape index (κ2) is 9.51. The minimum Gasteiger partial charge on any atom is -0.302 e. The lowest BCUT2D eigenvalue weighted by molar-refractivity contribution is 0.375. The molecule has 0 fully saturated rings. The van der Waals surface area contributed by atoms with Gasteiger partial charge in [-0.1, -0.05) is 94.8 Å². The van der Waals surface area contributed by atoms with Crippen molar-refractivity contribution in [3.05, 3.63) is 101 Å². The Kier molecular flexibility index (Phi) is 6.82. The average Bonchev–Trinajstić information content (AvgIpc) is 2.68. The minimum atomic E-state index is 0.938. The van der Waals surface area contributed by atoms with E-state index in [1.54, 1.807) is 0 Å². The van der Waals surface area contributed by atoms with Crippen molar-refractivity contribution in [3.63, 3.8) is 0 Å². The van der Waals surface area contributed by atoms with Crippen LogP contribution in [-0.4, -0.2) is 25.0 Å². The highest BCUT2D eigenvalue weighted by Crippen LogP contribution is 2.27. The third kappa shape index (κ3) is 5.42. The van der Waals surface area contributed by atoms with Crippen molar-refractivity contribution < 1.29 is 0 Å². The second-order valence-electron chi connectivity index (χ2n) is 6.50. The van der Waals surface area contributed by atoms with Gasteiger partial charge in [0.25, 0.3) is 0 Å². The van der Waals surface area contributed by atoms with Crippen LogP contribution in [0, 0.1) is 0 Å². The summed E-state index contributed by atoms with van der Waals surface area (Å²) < 4.78 is 1.11. The van der Waals surface area contributed by atoms with E-state index in [0.29, 0.717) is 0 Å². The molecular weight excluding hydrogens is 382 g/mol. The van der Waals surface area contributed by atoms with E-state index >= 15 is 0 Å². The number of likely N-dealkylation sites (N-methyl/N-ethyl adjacent to an activating group) is 1. The fourth-order valence-corrected chi connectivity index (χ4v) is 3.35. The summed E-state index contributed by atoms with van der Waals surface area (Å²) in [5, 5.41) is 0. The Labute approximate surface area is 165 Å². The summed E-state index contributed by atoms with van der Waals surface area (Å²) in [5.41, 5.74) is 5.14. The molecule has 0 amide bonds. The van der Waals surface area contributed by atoms with Crippen molar-refractivity contribution in [1.29, 1.82) is 0 Å². The number of hydrogen-bond donors (Lipinski definition) is 0. The van der Waals surface area contributed by atoms with Gasteiger partial charge in [-0.3, -0.25) is 0 Å². The molecule has 0 aliphatic carbocycles. The summed E-state index contributed by atoms with van der Waals surface area (Å²) in [7, 11) is 2.17. The Bertz CT molecular complexity index is 841. The maximum atomic E-state index is 3.60. The van der Waals surface area contributed by atoms with Crippen LogP contribution in [0.25, 0.3) is 17.2 Å². The molecule has 0 aromatic heterocycles. The number of rotatable bonds is 7. The molecule has 3 aromatic rings. The van der Waals surface area contributed by atoms with E-state index in [9.17, 15) is 0 Å². The van der Waals surface area contributed by atoms with E-state index in [0.717, 1.165) is 24.0 Å². The van der Waals surface area contributed by atoms with Crippen LogP contribution in [0.15, 0.2) is 89.4 Å². The van der Waals surface area contributed by atoms with Crippen LogP contribution in [0.2, 0.25) is 0 Å². The van der Waals surface area contributed by atoms with Gasteiger partial charge in [0.1, 0.15) is 0 Å². The Hall–Kier alpha value is -2.16. The van der Waals surface area contributed by atoms with Gasteiger partial charge in [-0.25, -0.2) is 0 Å². The van der Waals surface area contributed by atoms with Crippen LogP contribution < -0.4 is 0 Å². The highest BCUT2D eigenvalue weighted by Gasteiger charge is 2.03. The van der Waals surface area contributed by atoms with Crippen LogP contribution in [0.5, 0.6) is 0 Å². The fourth-order valence-electron chi connectivity index (χ4n) is 2.97. The van der Waals surface area contributed by atoms with E-state index < -0.39 is 0 Å². The van der Waals surface area contributed by atoms with Crippen molar-refractivity contribution in [3.8, 4) is 11.1 Å². The molecule has 26 heavy (non-hydrogen) atoms. The van der Waals surface area contributed by atoms with Crippen molar-refractivity contribution in [2.75, 3.05) is 20.1 Å². The van der Waals surface area contributed by atoms with Gasteiger partial charge in [0, 0.05) is 17.6 Å². The first kappa shape index (κ1) is 18.6. The first-order valence-electron chi connectivity index (χ1n) is 8.96. The van der Waals surface area contributed by atoms with E-state index in [1.807, 2.05) is 0 Å². The second-order valence-corrected chi connectivity index (χ2v) is 7.41. The zero-order valence-electron chi connectivity index (χ0n) is 15.1. The monoisotopic (exact) mass is 405 g/mol. The molecule has 0 heterocycles. The summed E-state index contributed by atoms with van der Waals surface area (Å²) in [4.78, 5) is 2.35. The summed E-state index contributed by atoms with van der Waals surface area (Å²) >= 11 is 3.60. The number of halogens is 1. The highest BCUT2D eigenvalue weighted by atomic mass is 79.9. The highest BCUT2D eigenvalue weighted by molar-refractivity contribution is 9.10. The van der Waals surface area contributed by atoms with Crippen LogP contribution in [0.3, 0.4) is 0 Å². The zero-order chi connectivity index (χ0) is 18.2. The van der Waals surface area contributed by atoms with Gasteiger partial charge >= 0.3 is 0 Å². The lowest BCUT2D eigenvalue weighted by Gasteiger charge is -2.14. The molecule has 1 nitrogen and oxygen atoms in total. The molecule has 0 radical (unpaired) electrons. The molecule has 0 spiro atoms. The predicted octanol–water partition coefficient (Wildman–Crippen LogP) is 6.30.